The highest BCUT2D eigenvalue weighted by Gasteiger charge is 2.34. The van der Waals surface area contributed by atoms with E-state index < -0.39 is 15.9 Å². The van der Waals surface area contributed by atoms with E-state index in [4.69, 9.17) is 9.26 Å². The first-order valence-electron chi connectivity index (χ1n) is 9.29. The van der Waals surface area contributed by atoms with E-state index in [1.54, 1.807) is 25.1 Å². The molecule has 0 atom stereocenters. The lowest BCUT2D eigenvalue weighted by Crippen LogP contribution is -2.45. The highest BCUT2D eigenvalue weighted by Crippen LogP contribution is 2.28. The predicted molar refractivity (Wildman–Crippen MR) is 104 cm³/mol. The van der Waals surface area contributed by atoms with E-state index >= 15 is 0 Å². The molecule has 0 bridgehead atoms. The molecule has 1 aromatic carbocycles. The van der Waals surface area contributed by atoms with Crippen molar-refractivity contribution in [1.29, 1.82) is 0 Å². The van der Waals surface area contributed by atoms with Crippen molar-refractivity contribution in [2.24, 2.45) is 0 Å². The predicted octanol–water partition coefficient (Wildman–Crippen LogP) is 2.95. The summed E-state index contributed by atoms with van der Waals surface area (Å²) in [7, 11) is -2.31. The second kappa shape index (κ2) is 8.74. The van der Waals surface area contributed by atoms with Crippen molar-refractivity contribution < 1.29 is 22.5 Å². The van der Waals surface area contributed by atoms with Crippen molar-refractivity contribution in [3.05, 3.63) is 36.1 Å². The topological polar surface area (TPSA) is 102 Å². The number of aromatic nitrogens is 1. The molecule has 0 unspecified atom stereocenters. The maximum Gasteiger partial charge on any atom is 0.243 e. The van der Waals surface area contributed by atoms with Gasteiger partial charge in [0.1, 0.15) is 11.5 Å². The normalized spacial score (nSPS) is 15.5. The van der Waals surface area contributed by atoms with Gasteiger partial charge in [0.2, 0.25) is 15.9 Å². The van der Waals surface area contributed by atoms with Crippen LogP contribution in [0.25, 0.3) is 0 Å². The molecule has 1 aliphatic carbocycles. The van der Waals surface area contributed by atoms with Gasteiger partial charge in [-0.05, 0) is 44.0 Å². The van der Waals surface area contributed by atoms with Gasteiger partial charge in [-0.3, -0.25) is 4.79 Å². The largest absolute Gasteiger partial charge is 0.497 e. The quantitative estimate of drug-likeness (QED) is 0.757. The number of methoxy groups -OCH3 is 1. The van der Waals surface area contributed by atoms with Gasteiger partial charge in [0.25, 0.3) is 0 Å². The van der Waals surface area contributed by atoms with Crippen molar-refractivity contribution in [3.63, 3.8) is 0 Å². The van der Waals surface area contributed by atoms with Gasteiger partial charge in [-0.15, -0.1) is 0 Å². The summed E-state index contributed by atoms with van der Waals surface area (Å²) in [5.74, 6) is 0.955. The summed E-state index contributed by atoms with van der Waals surface area (Å²) in [5, 5.41) is 6.33. The number of rotatable bonds is 7. The van der Waals surface area contributed by atoms with Crippen molar-refractivity contribution >= 4 is 21.7 Å². The molecule has 1 aliphatic rings. The molecule has 28 heavy (non-hydrogen) atoms. The summed E-state index contributed by atoms with van der Waals surface area (Å²) in [5.41, 5.74) is 0. The Morgan fingerprint density at radius 2 is 1.93 bits per heavy atom. The van der Waals surface area contributed by atoms with Gasteiger partial charge in [0.15, 0.2) is 5.82 Å². The lowest BCUT2D eigenvalue weighted by atomic mass is 9.95. The van der Waals surface area contributed by atoms with E-state index in [2.05, 4.69) is 10.5 Å². The highest BCUT2D eigenvalue weighted by atomic mass is 32.2. The van der Waals surface area contributed by atoms with Crippen molar-refractivity contribution in [1.82, 2.24) is 9.46 Å². The summed E-state index contributed by atoms with van der Waals surface area (Å²) < 4.78 is 37.9. The lowest BCUT2D eigenvalue weighted by molar-refractivity contribution is -0.116. The number of nitrogens with zero attached hydrogens (tertiary/aromatic N) is 2. The first-order valence-corrected chi connectivity index (χ1v) is 10.7. The third-order valence-electron chi connectivity index (χ3n) is 4.84. The van der Waals surface area contributed by atoms with Crippen LogP contribution in [0.3, 0.4) is 0 Å². The van der Waals surface area contributed by atoms with E-state index in [1.165, 1.54) is 23.5 Å². The van der Waals surface area contributed by atoms with Crippen LogP contribution in [-0.2, 0) is 14.8 Å². The minimum absolute atomic E-state index is 0.143. The number of hydrogen-bond acceptors (Lipinski definition) is 6. The lowest BCUT2D eigenvalue weighted by Gasteiger charge is -2.32. The summed E-state index contributed by atoms with van der Waals surface area (Å²) in [6, 6.07) is 7.59. The molecule has 0 saturated heterocycles. The van der Waals surface area contributed by atoms with E-state index in [0.717, 1.165) is 32.1 Å². The molecule has 1 amide bonds. The molecule has 1 heterocycles. The Morgan fingerprint density at radius 3 is 2.50 bits per heavy atom. The number of aryl methyl sites for hydroxylation is 1. The number of nitrogens with one attached hydrogen (secondary N) is 1. The van der Waals surface area contributed by atoms with Crippen LogP contribution in [0.2, 0.25) is 0 Å². The fourth-order valence-corrected chi connectivity index (χ4v) is 5.05. The molecule has 1 saturated carbocycles. The monoisotopic (exact) mass is 407 g/mol. The Balaban J connectivity index is 1.83. The zero-order valence-electron chi connectivity index (χ0n) is 16.1. The summed E-state index contributed by atoms with van der Waals surface area (Å²) >= 11 is 0. The SMILES string of the molecule is COc1ccc(S(=O)(=O)N(CC(=O)Nc2cc(C)on2)C2CCCCC2)cc1. The van der Waals surface area contributed by atoms with Gasteiger partial charge in [-0.25, -0.2) is 8.42 Å². The van der Waals surface area contributed by atoms with Gasteiger partial charge in [0, 0.05) is 12.1 Å². The van der Waals surface area contributed by atoms with Gasteiger partial charge in [-0.2, -0.15) is 4.31 Å². The number of anilines is 1. The van der Waals surface area contributed by atoms with Crippen LogP contribution < -0.4 is 10.1 Å². The Kier molecular flexibility index (Phi) is 6.35. The molecule has 3 rings (SSSR count). The fraction of sp³-hybridized carbons (Fsp3) is 0.474. The average molecular weight is 407 g/mol. The smallest absolute Gasteiger partial charge is 0.243 e. The van der Waals surface area contributed by atoms with Crippen molar-refractivity contribution in [3.8, 4) is 5.75 Å². The van der Waals surface area contributed by atoms with Crippen LogP contribution in [0.1, 0.15) is 37.9 Å². The van der Waals surface area contributed by atoms with Crippen molar-refractivity contribution in [2.45, 2.75) is 50.0 Å². The van der Waals surface area contributed by atoms with E-state index in [-0.39, 0.29) is 23.3 Å². The number of carbonyl (C=O) groups is 1. The molecule has 1 N–H and O–H groups in total. The molecule has 2 aromatic rings. The first kappa shape index (κ1) is 20.3. The maximum absolute atomic E-state index is 13.3. The first-order chi connectivity index (χ1) is 13.4. The number of amides is 1. The highest BCUT2D eigenvalue weighted by molar-refractivity contribution is 7.89. The zero-order valence-corrected chi connectivity index (χ0v) is 16.9. The van der Waals surface area contributed by atoms with Gasteiger partial charge in [0.05, 0.1) is 18.6 Å². The second-order valence-corrected chi connectivity index (χ2v) is 8.78. The molecular formula is C19H25N3O5S. The molecule has 0 aliphatic heterocycles. The number of hydrogen-bond donors (Lipinski definition) is 1. The van der Waals surface area contributed by atoms with E-state index in [0.29, 0.717) is 11.5 Å². The molecule has 152 valence electrons. The maximum atomic E-state index is 13.3. The molecule has 8 nitrogen and oxygen atoms in total. The molecule has 1 fully saturated rings. The third-order valence-corrected chi connectivity index (χ3v) is 6.76. The average Bonchev–Trinajstić information content (AvgIpc) is 3.11. The van der Waals surface area contributed by atoms with Crippen LogP contribution >= 0.6 is 0 Å². The van der Waals surface area contributed by atoms with Gasteiger partial charge >= 0.3 is 0 Å². The van der Waals surface area contributed by atoms with Crippen molar-refractivity contribution in [2.75, 3.05) is 19.0 Å². The number of ether oxygens (including phenoxy) is 1. The van der Waals surface area contributed by atoms with E-state index in [1.807, 2.05) is 0 Å². The molecular weight excluding hydrogens is 382 g/mol. The van der Waals surface area contributed by atoms with Gasteiger partial charge < -0.3 is 14.6 Å². The van der Waals surface area contributed by atoms with Crippen LogP contribution in [0, 0.1) is 6.92 Å². The second-order valence-electron chi connectivity index (χ2n) is 6.89. The summed E-state index contributed by atoms with van der Waals surface area (Å²) in [4.78, 5) is 12.7. The van der Waals surface area contributed by atoms with E-state index in [9.17, 15) is 13.2 Å². The van der Waals surface area contributed by atoms with Crippen LogP contribution in [0.5, 0.6) is 5.75 Å². The Morgan fingerprint density at radius 1 is 1.25 bits per heavy atom. The number of benzene rings is 1. The minimum atomic E-state index is -3.83. The van der Waals surface area contributed by atoms with Crippen LogP contribution in [0.4, 0.5) is 5.82 Å². The van der Waals surface area contributed by atoms with Crippen LogP contribution in [-0.4, -0.2) is 43.5 Å². The fourth-order valence-electron chi connectivity index (χ4n) is 3.41. The Labute approximate surface area is 164 Å². The number of sulfonamides is 1. The Bertz CT molecular complexity index is 902. The summed E-state index contributed by atoms with van der Waals surface area (Å²) in [6.45, 7) is 1.44. The number of carbonyl (C=O) groups excluding carboxylic acids is 1. The summed E-state index contributed by atoms with van der Waals surface area (Å²) in [6.07, 6.45) is 4.46. The molecule has 0 radical (unpaired) electrons. The minimum Gasteiger partial charge on any atom is -0.497 e. The molecule has 1 aromatic heterocycles. The van der Waals surface area contributed by atoms with Gasteiger partial charge in [-0.1, -0.05) is 24.4 Å². The standard InChI is InChI=1S/C19H25N3O5S/c1-14-12-18(21-27-14)20-19(23)13-22(15-6-4-3-5-7-15)28(24,25)17-10-8-16(26-2)9-11-17/h8-12,15H,3-7,13H2,1-2H3,(H,20,21,23). The molecule has 9 heteroatoms. The zero-order chi connectivity index (χ0) is 20.1. The Hall–Kier alpha value is -2.39. The third kappa shape index (κ3) is 4.71. The van der Waals surface area contributed by atoms with Crippen LogP contribution in [0.15, 0.2) is 39.8 Å². The molecule has 0 spiro atoms.